The predicted molar refractivity (Wildman–Crippen MR) is 104 cm³/mol. The number of hydrogen-bond acceptors (Lipinski definition) is 4. The Hall–Kier alpha value is -2.73. The summed E-state index contributed by atoms with van der Waals surface area (Å²) < 4.78 is 0. The maximum Gasteiger partial charge on any atom is 0.325 e. The molecule has 4 rings (SSSR count). The van der Waals surface area contributed by atoms with E-state index in [1.165, 1.54) is 10.5 Å². The van der Waals surface area contributed by atoms with Crippen LogP contribution in [0.4, 0.5) is 0 Å². The van der Waals surface area contributed by atoms with Crippen LogP contribution in [0.25, 0.3) is 5.57 Å². The summed E-state index contributed by atoms with van der Waals surface area (Å²) in [5, 5.41) is 0. The number of nitrogens with zero attached hydrogens (tertiary/aromatic N) is 1. The van der Waals surface area contributed by atoms with E-state index in [2.05, 4.69) is 21.0 Å². The summed E-state index contributed by atoms with van der Waals surface area (Å²) in [5.41, 5.74) is 4.93. The van der Waals surface area contributed by atoms with Crippen LogP contribution in [0.15, 0.2) is 57.7 Å². The Labute approximate surface area is 154 Å². The standard InChI is InChI=1S/C20H19N3O2S/c24-19-16(10-13-4-2-1-3-5-13)18(22-20(25)23-19)15-8-6-14(7-9-15)17-11-21-12-26-17/h1-6,11-12,15H,7-10H2,(H2,22,23,24,25). The van der Waals surface area contributed by atoms with Crippen LogP contribution < -0.4 is 11.2 Å². The minimum absolute atomic E-state index is 0.153. The average Bonchev–Trinajstić information content (AvgIpc) is 3.19. The molecule has 2 heterocycles. The molecule has 0 spiro atoms. The molecule has 0 bridgehead atoms. The van der Waals surface area contributed by atoms with E-state index in [1.807, 2.05) is 42.0 Å². The van der Waals surface area contributed by atoms with Gasteiger partial charge in [0.05, 0.1) is 5.51 Å². The molecule has 0 aliphatic heterocycles. The first-order chi connectivity index (χ1) is 12.7. The van der Waals surface area contributed by atoms with Crippen molar-refractivity contribution < 1.29 is 0 Å². The van der Waals surface area contributed by atoms with Crippen LogP contribution in [0.2, 0.25) is 0 Å². The Balaban J connectivity index is 1.66. The SMILES string of the molecule is O=c1[nH]c(C2CC=C(c3cncs3)CC2)c(Cc2ccccc2)c(=O)[nH]1. The van der Waals surface area contributed by atoms with E-state index in [4.69, 9.17) is 0 Å². The number of nitrogens with one attached hydrogen (secondary N) is 2. The van der Waals surface area contributed by atoms with Gasteiger partial charge in [-0.15, -0.1) is 11.3 Å². The van der Waals surface area contributed by atoms with E-state index in [9.17, 15) is 9.59 Å². The third-order valence-electron chi connectivity index (χ3n) is 4.87. The highest BCUT2D eigenvalue weighted by molar-refractivity contribution is 7.10. The highest BCUT2D eigenvalue weighted by atomic mass is 32.1. The molecule has 3 aromatic rings. The molecule has 1 aliphatic carbocycles. The Morgan fingerprint density at radius 2 is 2.00 bits per heavy atom. The molecular weight excluding hydrogens is 346 g/mol. The minimum atomic E-state index is -0.431. The maximum absolute atomic E-state index is 12.5. The normalized spacial score (nSPS) is 17.1. The van der Waals surface area contributed by atoms with E-state index < -0.39 is 5.69 Å². The molecule has 6 heteroatoms. The zero-order valence-corrected chi connectivity index (χ0v) is 15.0. The monoisotopic (exact) mass is 365 g/mol. The maximum atomic E-state index is 12.5. The van der Waals surface area contributed by atoms with Crippen molar-refractivity contribution >= 4 is 16.9 Å². The van der Waals surface area contributed by atoms with Crippen molar-refractivity contribution in [3.63, 3.8) is 0 Å². The molecular formula is C20H19N3O2S. The number of benzene rings is 1. The molecule has 132 valence electrons. The Kier molecular flexibility index (Phi) is 4.67. The zero-order chi connectivity index (χ0) is 17.9. The molecule has 2 aromatic heterocycles. The summed E-state index contributed by atoms with van der Waals surface area (Å²) in [6.45, 7) is 0. The number of allylic oxidation sites excluding steroid dienone is 2. The molecule has 26 heavy (non-hydrogen) atoms. The Morgan fingerprint density at radius 1 is 1.15 bits per heavy atom. The van der Waals surface area contributed by atoms with Gasteiger partial charge in [-0.1, -0.05) is 36.4 Å². The van der Waals surface area contributed by atoms with Gasteiger partial charge in [-0.2, -0.15) is 0 Å². The van der Waals surface area contributed by atoms with Gasteiger partial charge in [0, 0.05) is 34.7 Å². The first-order valence-corrected chi connectivity index (χ1v) is 9.56. The number of hydrogen-bond donors (Lipinski definition) is 2. The fraction of sp³-hybridized carbons (Fsp3) is 0.250. The molecule has 1 unspecified atom stereocenters. The van der Waals surface area contributed by atoms with E-state index in [-0.39, 0.29) is 11.5 Å². The van der Waals surface area contributed by atoms with Gasteiger partial charge in [-0.3, -0.25) is 14.8 Å². The lowest BCUT2D eigenvalue weighted by molar-refractivity contribution is 0.596. The third-order valence-corrected chi connectivity index (χ3v) is 5.71. The molecule has 1 aromatic carbocycles. The second kappa shape index (κ2) is 7.25. The van der Waals surface area contributed by atoms with Crippen molar-refractivity contribution in [3.05, 3.63) is 90.7 Å². The summed E-state index contributed by atoms with van der Waals surface area (Å²) in [7, 11) is 0. The average molecular weight is 365 g/mol. The van der Waals surface area contributed by atoms with Gasteiger partial charge in [0.2, 0.25) is 0 Å². The topological polar surface area (TPSA) is 78.6 Å². The number of thiazole rings is 1. The van der Waals surface area contributed by atoms with Gasteiger partial charge < -0.3 is 4.98 Å². The molecule has 2 N–H and O–H groups in total. The number of rotatable bonds is 4. The molecule has 0 fully saturated rings. The lowest BCUT2D eigenvalue weighted by Crippen LogP contribution is -2.29. The quantitative estimate of drug-likeness (QED) is 0.743. The fourth-order valence-electron chi connectivity index (χ4n) is 3.55. The molecule has 0 saturated carbocycles. The minimum Gasteiger partial charge on any atom is -0.311 e. The molecule has 1 aliphatic rings. The smallest absolute Gasteiger partial charge is 0.311 e. The predicted octanol–water partition coefficient (Wildman–Crippen LogP) is 3.46. The Bertz CT molecular complexity index is 1030. The fourth-order valence-corrected chi connectivity index (χ4v) is 4.24. The first-order valence-electron chi connectivity index (χ1n) is 8.68. The summed E-state index contributed by atoms with van der Waals surface area (Å²) >= 11 is 1.64. The second-order valence-electron chi connectivity index (χ2n) is 6.53. The van der Waals surface area contributed by atoms with E-state index >= 15 is 0 Å². The van der Waals surface area contributed by atoms with E-state index in [1.54, 1.807) is 11.3 Å². The van der Waals surface area contributed by atoms with E-state index in [0.717, 1.165) is 30.5 Å². The van der Waals surface area contributed by atoms with E-state index in [0.29, 0.717) is 12.0 Å². The van der Waals surface area contributed by atoms with Crippen LogP contribution in [0.1, 0.15) is 46.9 Å². The van der Waals surface area contributed by atoms with Gasteiger partial charge in [0.1, 0.15) is 0 Å². The van der Waals surface area contributed by atoms with Crippen molar-refractivity contribution in [1.82, 2.24) is 15.0 Å². The van der Waals surface area contributed by atoms with Crippen LogP contribution in [0, 0.1) is 0 Å². The molecule has 5 nitrogen and oxygen atoms in total. The summed E-state index contributed by atoms with van der Waals surface area (Å²) in [6.07, 6.45) is 7.27. The largest absolute Gasteiger partial charge is 0.325 e. The molecule has 0 radical (unpaired) electrons. The molecule has 0 amide bonds. The van der Waals surface area contributed by atoms with Crippen LogP contribution >= 0.6 is 11.3 Å². The highest BCUT2D eigenvalue weighted by Gasteiger charge is 2.23. The number of H-pyrrole nitrogens is 2. The summed E-state index contributed by atoms with van der Waals surface area (Å²) in [5.74, 6) is 0.153. The van der Waals surface area contributed by atoms with Crippen molar-refractivity contribution in [1.29, 1.82) is 0 Å². The van der Waals surface area contributed by atoms with Crippen LogP contribution in [0.3, 0.4) is 0 Å². The summed E-state index contributed by atoms with van der Waals surface area (Å²) in [6, 6.07) is 9.86. The molecule has 0 saturated heterocycles. The van der Waals surface area contributed by atoms with Crippen molar-refractivity contribution in [2.45, 2.75) is 31.6 Å². The van der Waals surface area contributed by atoms with Crippen LogP contribution in [-0.4, -0.2) is 15.0 Å². The van der Waals surface area contributed by atoms with Gasteiger partial charge in [0.15, 0.2) is 0 Å². The highest BCUT2D eigenvalue weighted by Crippen LogP contribution is 2.36. The van der Waals surface area contributed by atoms with Gasteiger partial charge in [0.25, 0.3) is 5.56 Å². The van der Waals surface area contributed by atoms with Gasteiger partial charge in [-0.25, -0.2) is 4.79 Å². The van der Waals surface area contributed by atoms with Crippen molar-refractivity contribution in [3.8, 4) is 0 Å². The molecule has 1 atom stereocenters. The zero-order valence-electron chi connectivity index (χ0n) is 14.2. The number of aromatic amines is 2. The first kappa shape index (κ1) is 16.7. The number of aromatic nitrogens is 3. The van der Waals surface area contributed by atoms with Gasteiger partial charge >= 0.3 is 5.69 Å². The summed E-state index contributed by atoms with van der Waals surface area (Å²) in [4.78, 5) is 35.0. The van der Waals surface area contributed by atoms with Crippen LogP contribution in [-0.2, 0) is 6.42 Å². The van der Waals surface area contributed by atoms with Gasteiger partial charge in [-0.05, 0) is 30.4 Å². The lowest BCUT2D eigenvalue weighted by atomic mass is 9.84. The van der Waals surface area contributed by atoms with Crippen molar-refractivity contribution in [2.75, 3.05) is 0 Å². The second-order valence-corrected chi connectivity index (χ2v) is 7.42. The third kappa shape index (κ3) is 3.46. The van der Waals surface area contributed by atoms with Crippen molar-refractivity contribution in [2.24, 2.45) is 0 Å². The Morgan fingerprint density at radius 3 is 2.69 bits per heavy atom. The van der Waals surface area contributed by atoms with Crippen LogP contribution in [0.5, 0.6) is 0 Å². The lowest BCUT2D eigenvalue weighted by Gasteiger charge is -2.23.